The van der Waals surface area contributed by atoms with Crippen molar-refractivity contribution >= 4 is 17.6 Å². The molecule has 1 atom stereocenters. The molecule has 0 aliphatic carbocycles. The lowest BCUT2D eigenvalue weighted by Crippen LogP contribution is -2.26. The van der Waals surface area contributed by atoms with Crippen LogP contribution in [0.2, 0.25) is 0 Å². The number of esters is 1. The Morgan fingerprint density at radius 1 is 0.929 bits per heavy atom. The highest BCUT2D eigenvalue weighted by Crippen LogP contribution is 2.23. The van der Waals surface area contributed by atoms with Crippen LogP contribution in [0.4, 0.5) is 14.5 Å². The van der Waals surface area contributed by atoms with Gasteiger partial charge in [-0.3, -0.25) is 4.79 Å². The van der Waals surface area contributed by atoms with Crippen molar-refractivity contribution in [3.05, 3.63) is 101 Å². The molecule has 4 nitrogen and oxygen atoms in total. The number of hydrogen-bond donors (Lipinski definition) is 1. The Kier molecular flexibility index (Phi) is 5.79. The Morgan fingerprint density at radius 2 is 1.61 bits per heavy atom. The van der Waals surface area contributed by atoms with Gasteiger partial charge < -0.3 is 10.1 Å². The first-order valence-electron chi connectivity index (χ1n) is 8.52. The molecule has 0 fully saturated rings. The number of aryl methyl sites for hydroxylation is 1. The van der Waals surface area contributed by atoms with Crippen molar-refractivity contribution in [1.29, 1.82) is 0 Å². The minimum Gasteiger partial charge on any atom is -0.444 e. The average molecular weight is 381 g/mol. The summed E-state index contributed by atoms with van der Waals surface area (Å²) in [6.45, 7) is 1.91. The van der Waals surface area contributed by atoms with Crippen molar-refractivity contribution in [1.82, 2.24) is 0 Å². The molecule has 142 valence electrons. The second-order valence-electron chi connectivity index (χ2n) is 6.18. The van der Waals surface area contributed by atoms with Crippen molar-refractivity contribution in [2.45, 2.75) is 13.0 Å². The fourth-order valence-electron chi connectivity index (χ4n) is 2.57. The number of hydrogen-bond acceptors (Lipinski definition) is 3. The van der Waals surface area contributed by atoms with Crippen LogP contribution in [0, 0.1) is 18.6 Å². The van der Waals surface area contributed by atoms with Crippen LogP contribution < -0.4 is 5.32 Å². The molecule has 0 saturated carbocycles. The van der Waals surface area contributed by atoms with Crippen LogP contribution in [-0.2, 0) is 9.53 Å². The summed E-state index contributed by atoms with van der Waals surface area (Å²) in [6.07, 6.45) is -1.31. The second-order valence-corrected chi connectivity index (χ2v) is 6.18. The van der Waals surface area contributed by atoms with Crippen molar-refractivity contribution < 1.29 is 23.1 Å². The largest absolute Gasteiger partial charge is 0.444 e. The molecule has 0 saturated heterocycles. The Bertz CT molecular complexity index is 988. The lowest BCUT2D eigenvalue weighted by atomic mass is 10.1. The van der Waals surface area contributed by atoms with E-state index in [1.54, 1.807) is 42.5 Å². The molecule has 0 aromatic heterocycles. The van der Waals surface area contributed by atoms with Gasteiger partial charge in [-0.25, -0.2) is 13.6 Å². The van der Waals surface area contributed by atoms with Gasteiger partial charge in [-0.1, -0.05) is 48.0 Å². The minimum atomic E-state index is -1.31. The molecule has 1 N–H and O–H groups in total. The molecule has 1 amide bonds. The number of carbonyl (C=O) groups is 2. The summed E-state index contributed by atoms with van der Waals surface area (Å²) in [5.41, 5.74) is 1.52. The van der Waals surface area contributed by atoms with E-state index in [1.165, 1.54) is 0 Å². The topological polar surface area (TPSA) is 55.4 Å². The van der Waals surface area contributed by atoms with Gasteiger partial charge >= 0.3 is 5.97 Å². The lowest BCUT2D eigenvalue weighted by Gasteiger charge is -2.18. The number of carbonyl (C=O) groups excluding carboxylic acids is 2. The van der Waals surface area contributed by atoms with E-state index in [4.69, 9.17) is 4.74 Å². The van der Waals surface area contributed by atoms with Crippen LogP contribution in [0.3, 0.4) is 0 Å². The Labute approximate surface area is 160 Å². The summed E-state index contributed by atoms with van der Waals surface area (Å²) in [7, 11) is 0. The van der Waals surface area contributed by atoms with E-state index in [0.717, 1.165) is 17.7 Å². The third-order valence-electron chi connectivity index (χ3n) is 4.04. The molecular formula is C22H17F2NO3. The molecule has 3 aromatic rings. The Hall–Kier alpha value is -3.54. The molecule has 3 rings (SSSR count). The van der Waals surface area contributed by atoms with Gasteiger partial charge in [0.25, 0.3) is 5.91 Å². The van der Waals surface area contributed by atoms with Gasteiger partial charge in [0.05, 0.1) is 5.56 Å². The fraction of sp³-hybridized carbons (Fsp3) is 0.0909. The highest BCUT2D eigenvalue weighted by molar-refractivity contribution is 5.98. The lowest BCUT2D eigenvalue weighted by molar-refractivity contribution is -0.125. The van der Waals surface area contributed by atoms with Crippen LogP contribution in [0.15, 0.2) is 72.8 Å². The maximum atomic E-state index is 13.9. The summed E-state index contributed by atoms with van der Waals surface area (Å²) < 4.78 is 32.3. The first kappa shape index (κ1) is 19.2. The molecule has 0 radical (unpaired) electrons. The molecule has 28 heavy (non-hydrogen) atoms. The van der Waals surface area contributed by atoms with Gasteiger partial charge in [0.2, 0.25) is 6.10 Å². The molecular weight excluding hydrogens is 364 g/mol. The summed E-state index contributed by atoms with van der Waals surface area (Å²) in [5, 5.41) is 2.68. The average Bonchev–Trinajstić information content (AvgIpc) is 2.68. The molecule has 0 spiro atoms. The maximum Gasteiger partial charge on any atom is 0.342 e. The molecule has 0 aliphatic rings. The van der Waals surface area contributed by atoms with E-state index >= 15 is 0 Å². The van der Waals surface area contributed by atoms with Gasteiger partial charge in [0.15, 0.2) is 0 Å². The van der Waals surface area contributed by atoms with Crippen LogP contribution in [0.25, 0.3) is 0 Å². The first-order chi connectivity index (χ1) is 13.4. The Morgan fingerprint density at radius 3 is 2.25 bits per heavy atom. The SMILES string of the molecule is Cc1ccc(NC(=O)C(OC(=O)c2ccc(F)cc2F)c2ccccc2)cc1. The minimum absolute atomic E-state index is 0.419. The molecule has 1 unspecified atom stereocenters. The van der Waals surface area contributed by atoms with Crippen molar-refractivity contribution in [2.24, 2.45) is 0 Å². The van der Waals surface area contributed by atoms with Gasteiger partial charge in [-0.05, 0) is 31.2 Å². The van der Waals surface area contributed by atoms with E-state index in [2.05, 4.69) is 5.32 Å². The molecule has 0 bridgehead atoms. The molecule has 0 aliphatic heterocycles. The zero-order valence-corrected chi connectivity index (χ0v) is 15.0. The summed E-state index contributed by atoms with van der Waals surface area (Å²) >= 11 is 0. The zero-order chi connectivity index (χ0) is 20.1. The predicted octanol–water partition coefficient (Wildman–Crippen LogP) is 4.81. The first-order valence-corrected chi connectivity index (χ1v) is 8.52. The number of benzene rings is 3. The number of nitrogens with one attached hydrogen (secondary N) is 1. The Balaban J connectivity index is 1.85. The normalized spacial score (nSPS) is 11.5. The van der Waals surface area contributed by atoms with Gasteiger partial charge in [0.1, 0.15) is 11.6 Å². The van der Waals surface area contributed by atoms with E-state index in [0.29, 0.717) is 17.3 Å². The smallest absolute Gasteiger partial charge is 0.342 e. The highest BCUT2D eigenvalue weighted by Gasteiger charge is 2.27. The van der Waals surface area contributed by atoms with Gasteiger partial charge in [0, 0.05) is 17.3 Å². The summed E-state index contributed by atoms with van der Waals surface area (Å²) in [5.74, 6) is -3.53. The number of halogens is 2. The standard InChI is InChI=1S/C22H17F2NO3/c1-14-7-10-17(11-8-14)25-21(26)20(15-5-3-2-4-6-15)28-22(27)18-12-9-16(23)13-19(18)24/h2-13,20H,1H3,(H,25,26). The van der Waals surface area contributed by atoms with E-state index in [-0.39, 0.29) is 0 Å². The monoisotopic (exact) mass is 381 g/mol. The van der Waals surface area contributed by atoms with Crippen molar-refractivity contribution in [3.8, 4) is 0 Å². The summed E-state index contributed by atoms with van der Waals surface area (Å²) in [6, 6.07) is 18.0. The molecule has 3 aromatic carbocycles. The molecule has 6 heteroatoms. The summed E-state index contributed by atoms with van der Waals surface area (Å²) in [4.78, 5) is 25.2. The van der Waals surface area contributed by atoms with E-state index in [9.17, 15) is 18.4 Å². The van der Waals surface area contributed by atoms with Crippen LogP contribution in [-0.4, -0.2) is 11.9 Å². The van der Waals surface area contributed by atoms with Gasteiger partial charge in [-0.2, -0.15) is 0 Å². The number of rotatable bonds is 5. The quantitative estimate of drug-likeness (QED) is 0.646. The third kappa shape index (κ3) is 4.59. The zero-order valence-electron chi connectivity index (χ0n) is 15.0. The van der Waals surface area contributed by atoms with Gasteiger partial charge in [-0.15, -0.1) is 0 Å². The predicted molar refractivity (Wildman–Crippen MR) is 101 cm³/mol. The number of amides is 1. The van der Waals surface area contributed by atoms with Crippen LogP contribution in [0.5, 0.6) is 0 Å². The number of ether oxygens (including phenoxy) is 1. The van der Waals surface area contributed by atoms with Crippen molar-refractivity contribution in [3.63, 3.8) is 0 Å². The second kappa shape index (κ2) is 8.43. The van der Waals surface area contributed by atoms with E-state index in [1.807, 2.05) is 19.1 Å². The number of anilines is 1. The molecule has 0 heterocycles. The third-order valence-corrected chi connectivity index (χ3v) is 4.04. The van der Waals surface area contributed by atoms with E-state index < -0.39 is 35.2 Å². The maximum absolute atomic E-state index is 13.9. The fourth-order valence-corrected chi connectivity index (χ4v) is 2.57. The highest BCUT2D eigenvalue weighted by atomic mass is 19.1. The van der Waals surface area contributed by atoms with Crippen LogP contribution in [0.1, 0.15) is 27.6 Å². The van der Waals surface area contributed by atoms with Crippen LogP contribution >= 0.6 is 0 Å². The van der Waals surface area contributed by atoms with Crippen molar-refractivity contribution in [2.75, 3.05) is 5.32 Å².